The summed E-state index contributed by atoms with van der Waals surface area (Å²) in [7, 11) is 0. The van der Waals surface area contributed by atoms with E-state index in [1.807, 2.05) is 0 Å². The number of hydrogen-bond acceptors (Lipinski definition) is 3. The van der Waals surface area contributed by atoms with Crippen LogP contribution < -0.4 is 5.32 Å². The molecule has 0 aliphatic heterocycles. The van der Waals surface area contributed by atoms with Crippen LogP contribution in [0, 0.1) is 52.3 Å². The number of carbonyl (C=O) groups is 1. The molecule has 5 rings (SSSR count). The molecule has 0 spiro atoms. The predicted molar refractivity (Wildman–Crippen MR) is 153 cm³/mol. The number of hydrogen-bond donors (Lipinski definition) is 2. The fourth-order valence-corrected chi connectivity index (χ4v) is 11.6. The second kappa shape index (κ2) is 10.3. The lowest BCUT2D eigenvalue weighted by atomic mass is 9.44. The first kappa shape index (κ1) is 27.2. The summed E-state index contributed by atoms with van der Waals surface area (Å²) < 4.78 is 1.12. The van der Waals surface area contributed by atoms with Gasteiger partial charge >= 0.3 is 0 Å². The van der Waals surface area contributed by atoms with Gasteiger partial charge in [-0.05, 0) is 138 Å². The summed E-state index contributed by atoms with van der Waals surface area (Å²) in [5, 5.41) is 13.7. The molecule has 1 aromatic heterocycles. The van der Waals surface area contributed by atoms with Gasteiger partial charge in [0.1, 0.15) is 0 Å². The maximum absolute atomic E-state index is 13.3. The summed E-state index contributed by atoms with van der Waals surface area (Å²) in [6, 6.07) is 4.32. The third kappa shape index (κ3) is 4.76. The van der Waals surface area contributed by atoms with Gasteiger partial charge in [-0.25, -0.2) is 0 Å². The third-order valence-electron chi connectivity index (χ3n) is 11.8. The van der Waals surface area contributed by atoms with Gasteiger partial charge < -0.3 is 10.4 Å². The Morgan fingerprint density at radius 2 is 1.78 bits per heavy atom. The molecule has 5 heteroatoms. The van der Waals surface area contributed by atoms with E-state index in [1.165, 1.54) is 49.8 Å². The molecule has 4 fully saturated rings. The molecule has 4 aliphatic carbocycles. The lowest BCUT2D eigenvalue weighted by Crippen LogP contribution is -2.54. The Kier molecular flexibility index (Phi) is 7.78. The molecule has 0 saturated heterocycles. The van der Waals surface area contributed by atoms with Crippen LogP contribution in [0.15, 0.2) is 15.9 Å². The predicted octanol–water partition coefficient (Wildman–Crippen LogP) is 8.37. The van der Waals surface area contributed by atoms with Gasteiger partial charge in [0.2, 0.25) is 5.91 Å². The SMILES string of the molecule is CC(C)[C@@H](NC(=O)C[C@@H](C)[C@H]1CC[C@H]2[C@@H]3CC[C@@H]4C[C@H](O)CC[C@]4(C)[C@H]3CC[C@]12C)c1ccc(Br)s1. The molecule has 0 radical (unpaired) electrons. The minimum Gasteiger partial charge on any atom is -0.393 e. The van der Waals surface area contributed by atoms with E-state index in [2.05, 4.69) is 68.0 Å². The number of thiophene rings is 1. The largest absolute Gasteiger partial charge is 0.393 e. The van der Waals surface area contributed by atoms with Crippen LogP contribution in [-0.2, 0) is 4.79 Å². The summed E-state index contributed by atoms with van der Waals surface area (Å²) in [6.45, 7) is 11.9. The number of nitrogens with one attached hydrogen (secondary N) is 1. The Labute approximate surface area is 231 Å². The fourth-order valence-electron chi connectivity index (χ4n) is 9.94. The highest BCUT2D eigenvalue weighted by atomic mass is 79.9. The molecule has 36 heavy (non-hydrogen) atoms. The van der Waals surface area contributed by atoms with E-state index >= 15 is 0 Å². The Balaban J connectivity index is 1.25. The van der Waals surface area contributed by atoms with Crippen LogP contribution in [0.1, 0.15) is 110 Å². The Morgan fingerprint density at radius 1 is 1.06 bits per heavy atom. The number of aliphatic hydroxyl groups is 1. The van der Waals surface area contributed by atoms with Crippen molar-refractivity contribution in [3.8, 4) is 0 Å². The van der Waals surface area contributed by atoms with E-state index in [1.54, 1.807) is 11.3 Å². The quantitative estimate of drug-likeness (QED) is 0.356. The van der Waals surface area contributed by atoms with Crippen LogP contribution in [0.3, 0.4) is 0 Å². The molecule has 1 aromatic rings. The van der Waals surface area contributed by atoms with Crippen LogP contribution in [0.4, 0.5) is 0 Å². The van der Waals surface area contributed by atoms with Crippen LogP contribution in [0.25, 0.3) is 0 Å². The Morgan fingerprint density at radius 3 is 2.47 bits per heavy atom. The van der Waals surface area contributed by atoms with Crippen molar-refractivity contribution < 1.29 is 9.90 Å². The average molecular weight is 579 g/mol. The lowest BCUT2D eigenvalue weighted by molar-refractivity contribution is -0.132. The van der Waals surface area contributed by atoms with Gasteiger partial charge in [0, 0.05) is 11.3 Å². The van der Waals surface area contributed by atoms with Gasteiger partial charge in [0.15, 0.2) is 0 Å². The van der Waals surface area contributed by atoms with E-state index in [9.17, 15) is 9.90 Å². The van der Waals surface area contributed by atoms with Crippen molar-refractivity contribution in [2.45, 2.75) is 111 Å². The second-order valence-electron chi connectivity index (χ2n) is 13.9. The number of halogens is 1. The van der Waals surface area contributed by atoms with Crippen molar-refractivity contribution in [1.82, 2.24) is 5.32 Å². The molecule has 4 aliphatic rings. The third-order valence-corrected chi connectivity index (χ3v) is 13.5. The summed E-state index contributed by atoms with van der Waals surface area (Å²) in [5.41, 5.74) is 0.823. The van der Waals surface area contributed by atoms with Gasteiger partial charge in [0.05, 0.1) is 15.9 Å². The summed E-state index contributed by atoms with van der Waals surface area (Å²) in [5.74, 6) is 4.92. The maximum atomic E-state index is 13.3. The maximum Gasteiger partial charge on any atom is 0.220 e. The van der Waals surface area contributed by atoms with Crippen LogP contribution >= 0.6 is 27.3 Å². The minimum absolute atomic E-state index is 0.0621. The van der Waals surface area contributed by atoms with Crippen molar-refractivity contribution in [2.75, 3.05) is 0 Å². The molecule has 10 atom stereocenters. The summed E-state index contributed by atoms with van der Waals surface area (Å²) in [6.07, 6.45) is 11.9. The zero-order valence-corrected chi connectivity index (χ0v) is 25.5. The molecule has 1 amide bonds. The molecule has 0 aromatic carbocycles. The van der Waals surface area contributed by atoms with E-state index in [0.29, 0.717) is 35.0 Å². The highest BCUT2D eigenvalue weighted by molar-refractivity contribution is 9.11. The normalized spacial score (nSPS) is 41.8. The Hall–Kier alpha value is -0.390. The zero-order valence-electron chi connectivity index (χ0n) is 23.1. The van der Waals surface area contributed by atoms with Gasteiger partial charge in [0.25, 0.3) is 0 Å². The highest BCUT2D eigenvalue weighted by Gasteiger charge is 2.60. The van der Waals surface area contributed by atoms with Gasteiger partial charge in [-0.1, -0.05) is 34.6 Å². The zero-order chi connectivity index (χ0) is 25.8. The fraction of sp³-hybridized carbons (Fsp3) is 0.839. The molecule has 3 nitrogen and oxygen atoms in total. The van der Waals surface area contributed by atoms with Crippen molar-refractivity contribution in [3.63, 3.8) is 0 Å². The van der Waals surface area contributed by atoms with E-state index in [0.717, 1.165) is 40.3 Å². The molecule has 4 saturated carbocycles. The van der Waals surface area contributed by atoms with Crippen molar-refractivity contribution in [1.29, 1.82) is 0 Å². The van der Waals surface area contributed by atoms with Crippen LogP contribution in [-0.4, -0.2) is 17.1 Å². The van der Waals surface area contributed by atoms with Crippen LogP contribution in [0.5, 0.6) is 0 Å². The molecular weight excluding hydrogens is 530 g/mol. The van der Waals surface area contributed by atoms with Gasteiger partial charge in [-0.15, -0.1) is 11.3 Å². The first-order valence-electron chi connectivity index (χ1n) is 14.8. The highest BCUT2D eigenvalue weighted by Crippen LogP contribution is 2.68. The summed E-state index contributed by atoms with van der Waals surface area (Å²) in [4.78, 5) is 14.5. The van der Waals surface area contributed by atoms with E-state index < -0.39 is 0 Å². The minimum atomic E-state index is -0.0621. The van der Waals surface area contributed by atoms with E-state index in [4.69, 9.17) is 0 Å². The molecule has 1 heterocycles. The van der Waals surface area contributed by atoms with Crippen molar-refractivity contribution >= 4 is 33.2 Å². The lowest BCUT2D eigenvalue weighted by Gasteiger charge is -2.61. The van der Waals surface area contributed by atoms with Crippen LogP contribution in [0.2, 0.25) is 0 Å². The molecule has 0 unspecified atom stereocenters. The molecular formula is C31H48BrNO2S. The molecule has 2 N–H and O–H groups in total. The monoisotopic (exact) mass is 577 g/mol. The topological polar surface area (TPSA) is 49.3 Å². The first-order chi connectivity index (χ1) is 17.0. The number of fused-ring (bicyclic) bond motifs is 5. The number of amides is 1. The average Bonchev–Trinajstić information content (AvgIpc) is 3.40. The second-order valence-corrected chi connectivity index (χ2v) is 16.4. The molecule has 0 bridgehead atoms. The van der Waals surface area contributed by atoms with Gasteiger partial charge in [-0.3, -0.25) is 4.79 Å². The standard InChI is InChI=1S/C31H48BrNO2S/c1-18(2)29(26-10-11-27(32)36-26)33-28(35)16-19(3)23-8-9-24-22-7-6-20-17-21(34)12-14-30(20,4)25(22)13-15-31(23,24)5/h10-11,18-25,29,34H,6-9,12-17H2,1-5H3,(H,33,35)/t19-,20-,21-,22+,23-,24+,25+,29-,30+,31-/m1/s1. The number of rotatable bonds is 6. The summed E-state index contributed by atoms with van der Waals surface area (Å²) >= 11 is 5.31. The smallest absolute Gasteiger partial charge is 0.220 e. The number of aliphatic hydroxyl groups excluding tert-OH is 1. The Bertz CT molecular complexity index is 947. The number of carbonyl (C=O) groups excluding carboxylic acids is 1. The van der Waals surface area contributed by atoms with Gasteiger partial charge in [-0.2, -0.15) is 0 Å². The van der Waals surface area contributed by atoms with Crippen molar-refractivity contribution in [3.05, 3.63) is 20.8 Å². The van der Waals surface area contributed by atoms with E-state index in [-0.39, 0.29) is 18.1 Å². The van der Waals surface area contributed by atoms with Crippen molar-refractivity contribution in [2.24, 2.45) is 52.3 Å². The first-order valence-corrected chi connectivity index (χ1v) is 16.4. The molecule has 202 valence electrons.